The number of ether oxygens (including phenoxy) is 1. The van der Waals surface area contributed by atoms with Crippen molar-refractivity contribution < 1.29 is 9.13 Å². The molecule has 0 bridgehead atoms. The molecule has 0 amide bonds. The predicted octanol–water partition coefficient (Wildman–Crippen LogP) is 2.91. The highest BCUT2D eigenvalue weighted by Gasteiger charge is 2.32. The summed E-state index contributed by atoms with van der Waals surface area (Å²) in [5.41, 5.74) is 1.03. The lowest BCUT2D eigenvalue weighted by molar-refractivity contribution is 0.185. The second-order valence-electron chi connectivity index (χ2n) is 5.52. The van der Waals surface area contributed by atoms with Crippen molar-refractivity contribution in [1.82, 2.24) is 5.32 Å². The number of rotatable bonds is 3. The van der Waals surface area contributed by atoms with Gasteiger partial charge in [-0.15, -0.1) is 0 Å². The summed E-state index contributed by atoms with van der Waals surface area (Å²) in [6.45, 7) is 0. The van der Waals surface area contributed by atoms with Crippen LogP contribution in [0, 0.1) is 11.7 Å². The van der Waals surface area contributed by atoms with Gasteiger partial charge in [0.25, 0.3) is 0 Å². The van der Waals surface area contributed by atoms with Gasteiger partial charge < -0.3 is 10.1 Å². The van der Waals surface area contributed by atoms with Gasteiger partial charge in [-0.2, -0.15) is 0 Å². The number of fused-ring (bicyclic) bond motifs is 1. The first-order valence-corrected chi connectivity index (χ1v) is 6.88. The zero-order valence-electron chi connectivity index (χ0n) is 10.8. The van der Waals surface area contributed by atoms with Crippen molar-refractivity contribution in [3.8, 4) is 5.75 Å². The third-order valence-corrected chi connectivity index (χ3v) is 4.36. The van der Waals surface area contributed by atoms with Crippen molar-refractivity contribution >= 4 is 0 Å². The monoisotopic (exact) mass is 249 g/mol. The Balaban J connectivity index is 1.64. The highest BCUT2D eigenvalue weighted by Crippen LogP contribution is 2.36. The van der Waals surface area contributed by atoms with Crippen LogP contribution in [0.3, 0.4) is 0 Å². The Kier molecular flexibility index (Phi) is 3.25. The lowest BCUT2D eigenvalue weighted by Crippen LogP contribution is -2.32. The first-order valence-electron chi connectivity index (χ1n) is 6.88. The van der Waals surface area contributed by atoms with Gasteiger partial charge in [-0.25, -0.2) is 4.39 Å². The smallest absolute Gasteiger partial charge is 0.123 e. The third kappa shape index (κ3) is 2.24. The van der Waals surface area contributed by atoms with Crippen molar-refractivity contribution in [2.75, 3.05) is 7.05 Å². The molecule has 98 valence electrons. The van der Waals surface area contributed by atoms with Crippen LogP contribution in [0.1, 0.15) is 31.2 Å². The van der Waals surface area contributed by atoms with Crippen LogP contribution in [0.25, 0.3) is 0 Å². The Morgan fingerprint density at radius 1 is 1.39 bits per heavy atom. The maximum atomic E-state index is 13.1. The summed E-state index contributed by atoms with van der Waals surface area (Å²) in [6, 6.07) is 5.48. The van der Waals surface area contributed by atoms with Gasteiger partial charge >= 0.3 is 0 Å². The van der Waals surface area contributed by atoms with E-state index in [0.717, 1.165) is 24.2 Å². The van der Waals surface area contributed by atoms with Crippen molar-refractivity contribution in [1.29, 1.82) is 0 Å². The van der Waals surface area contributed by atoms with E-state index in [1.54, 1.807) is 12.1 Å². The molecule has 1 N–H and O–H groups in total. The third-order valence-electron chi connectivity index (χ3n) is 4.36. The molecule has 3 unspecified atom stereocenters. The van der Waals surface area contributed by atoms with Gasteiger partial charge in [0.1, 0.15) is 17.7 Å². The molecule has 3 heteroatoms. The van der Waals surface area contributed by atoms with Crippen LogP contribution >= 0.6 is 0 Å². The number of benzene rings is 1. The summed E-state index contributed by atoms with van der Waals surface area (Å²) >= 11 is 0. The van der Waals surface area contributed by atoms with Crippen LogP contribution in [-0.4, -0.2) is 19.2 Å². The maximum absolute atomic E-state index is 13.1. The molecular formula is C15H20FNO. The number of nitrogens with one attached hydrogen (secondary N) is 1. The molecule has 0 saturated heterocycles. The highest BCUT2D eigenvalue weighted by atomic mass is 19.1. The van der Waals surface area contributed by atoms with E-state index in [4.69, 9.17) is 4.74 Å². The average molecular weight is 249 g/mol. The van der Waals surface area contributed by atoms with Crippen LogP contribution < -0.4 is 10.1 Å². The van der Waals surface area contributed by atoms with Crippen molar-refractivity contribution in [3.05, 3.63) is 29.6 Å². The lowest BCUT2D eigenvalue weighted by atomic mass is 9.94. The van der Waals surface area contributed by atoms with E-state index in [-0.39, 0.29) is 11.9 Å². The van der Waals surface area contributed by atoms with Gasteiger partial charge in [-0.3, -0.25) is 0 Å². The standard InChI is InChI=1S/C15H20FNO/c1-17-14-4-2-3-10(14)8-13-9-11-7-12(16)5-6-15(11)18-13/h5-7,10,13-14,17H,2-4,8-9H2,1H3. The normalized spacial score (nSPS) is 30.2. The van der Waals surface area contributed by atoms with E-state index in [0.29, 0.717) is 12.0 Å². The molecule has 0 radical (unpaired) electrons. The Labute approximate surface area is 108 Å². The SMILES string of the molecule is CNC1CCCC1CC1Cc2cc(F)ccc2O1. The number of hydrogen-bond donors (Lipinski definition) is 1. The van der Waals surface area contributed by atoms with Gasteiger partial charge in [0.2, 0.25) is 0 Å². The topological polar surface area (TPSA) is 21.3 Å². The van der Waals surface area contributed by atoms with Crippen LogP contribution in [-0.2, 0) is 6.42 Å². The summed E-state index contributed by atoms with van der Waals surface area (Å²) in [4.78, 5) is 0. The van der Waals surface area contributed by atoms with E-state index >= 15 is 0 Å². The Morgan fingerprint density at radius 2 is 2.28 bits per heavy atom. The Hall–Kier alpha value is -1.09. The minimum absolute atomic E-state index is 0.160. The number of halogens is 1. The van der Waals surface area contributed by atoms with E-state index in [2.05, 4.69) is 5.32 Å². The van der Waals surface area contributed by atoms with E-state index < -0.39 is 0 Å². The van der Waals surface area contributed by atoms with Gasteiger partial charge in [0.05, 0.1) is 0 Å². The molecule has 1 aromatic rings. The molecule has 0 spiro atoms. The molecule has 1 aliphatic carbocycles. The van der Waals surface area contributed by atoms with Crippen molar-refractivity contribution in [2.45, 2.75) is 44.2 Å². The summed E-state index contributed by atoms with van der Waals surface area (Å²) < 4.78 is 19.1. The van der Waals surface area contributed by atoms with Crippen LogP contribution in [0.4, 0.5) is 4.39 Å². The van der Waals surface area contributed by atoms with Gasteiger partial charge in [-0.1, -0.05) is 6.42 Å². The average Bonchev–Trinajstić information content (AvgIpc) is 2.94. The number of hydrogen-bond acceptors (Lipinski definition) is 2. The molecule has 1 heterocycles. The molecule has 1 aromatic carbocycles. The summed E-state index contributed by atoms with van der Waals surface area (Å²) in [6.07, 6.45) is 6.05. The Morgan fingerprint density at radius 3 is 3.11 bits per heavy atom. The van der Waals surface area contributed by atoms with Crippen molar-refractivity contribution in [3.63, 3.8) is 0 Å². The minimum atomic E-state index is -0.160. The van der Waals surface area contributed by atoms with Gasteiger partial charge in [0.15, 0.2) is 0 Å². The first-order chi connectivity index (χ1) is 8.76. The van der Waals surface area contributed by atoms with Crippen LogP contribution in [0.5, 0.6) is 5.75 Å². The zero-order valence-corrected chi connectivity index (χ0v) is 10.8. The second kappa shape index (κ2) is 4.88. The molecule has 18 heavy (non-hydrogen) atoms. The summed E-state index contributed by atoms with van der Waals surface area (Å²) in [5, 5.41) is 3.40. The van der Waals surface area contributed by atoms with E-state index in [1.807, 2.05) is 7.05 Å². The predicted molar refractivity (Wildman–Crippen MR) is 69.3 cm³/mol. The largest absolute Gasteiger partial charge is 0.490 e. The molecule has 3 rings (SSSR count). The molecule has 2 aliphatic rings. The first kappa shape index (κ1) is 12.0. The molecule has 2 nitrogen and oxygen atoms in total. The highest BCUT2D eigenvalue weighted by molar-refractivity contribution is 5.37. The van der Waals surface area contributed by atoms with Crippen molar-refractivity contribution in [2.24, 2.45) is 5.92 Å². The second-order valence-corrected chi connectivity index (χ2v) is 5.52. The lowest BCUT2D eigenvalue weighted by Gasteiger charge is -2.22. The molecule has 1 saturated carbocycles. The van der Waals surface area contributed by atoms with Crippen LogP contribution in [0.2, 0.25) is 0 Å². The molecule has 1 aliphatic heterocycles. The fraction of sp³-hybridized carbons (Fsp3) is 0.600. The zero-order chi connectivity index (χ0) is 12.5. The molecule has 1 fully saturated rings. The summed E-state index contributed by atoms with van der Waals surface area (Å²) in [7, 11) is 2.04. The minimum Gasteiger partial charge on any atom is -0.490 e. The van der Waals surface area contributed by atoms with E-state index in [1.165, 1.54) is 25.3 Å². The van der Waals surface area contributed by atoms with Gasteiger partial charge in [-0.05, 0) is 50.4 Å². The quantitative estimate of drug-likeness (QED) is 0.889. The van der Waals surface area contributed by atoms with E-state index in [9.17, 15) is 4.39 Å². The molecule has 0 aromatic heterocycles. The fourth-order valence-corrected chi connectivity index (χ4v) is 3.46. The Bertz CT molecular complexity index is 435. The van der Waals surface area contributed by atoms with Gasteiger partial charge in [0, 0.05) is 18.0 Å². The maximum Gasteiger partial charge on any atom is 0.123 e. The van der Waals surface area contributed by atoms with Crippen LogP contribution in [0.15, 0.2) is 18.2 Å². The molecule has 3 atom stereocenters. The fourth-order valence-electron chi connectivity index (χ4n) is 3.46. The summed E-state index contributed by atoms with van der Waals surface area (Å²) in [5.74, 6) is 1.42. The molecular weight excluding hydrogens is 229 g/mol.